The lowest BCUT2D eigenvalue weighted by atomic mass is 9.89. The zero-order chi connectivity index (χ0) is 29.8. The summed E-state index contributed by atoms with van der Waals surface area (Å²) in [5.41, 5.74) is 3.17. The molecule has 1 aromatic carbocycles. The molecule has 7 heterocycles. The molecule has 12 heteroatoms. The monoisotopic (exact) mass is 604 g/mol. The maximum Gasteiger partial charge on any atom is 0.249 e. The summed E-state index contributed by atoms with van der Waals surface area (Å²) in [7, 11) is 2.19. The van der Waals surface area contributed by atoms with Crippen LogP contribution in [0, 0.1) is 5.92 Å². The van der Waals surface area contributed by atoms with Crippen molar-refractivity contribution in [1.82, 2.24) is 35.8 Å². The van der Waals surface area contributed by atoms with Crippen molar-refractivity contribution >= 4 is 28.5 Å². The number of likely N-dealkylation sites (tertiary alicyclic amines) is 1. The lowest BCUT2D eigenvalue weighted by molar-refractivity contribution is -0.172. The van der Waals surface area contributed by atoms with E-state index in [9.17, 15) is 9.59 Å². The molecule has 0 saturated carbocycles. The van der Waals surface area contributed by atoms with Crippen LogP contribution in [0.25, 0.3) is 11.0 Å². The predicted octanol–water partition coefficient (Wildman–Crippen LogP) is 1.40. The molecule has 8 rings (SSSR count). The third-order valence-electron chi connectivity index (χ3n) is 10.6. The Morgan fingerprint density at radius 2 is 1.93 bits per heavy atom. The second kappa shape index (κ2) is 11.7. The van der Waals surface area contributed by atoms with Crippen LogP contribution in [0.5, 0.6) is 0 Å². The molecule has 0 aliphatic carbocycles. The first-order chi connectivity index (χ1) is 21.5. The SMILES string of the molecule is CN1CCC(c2coc3cc(NC4NCC5C(=O)N6C/C=C\CCCN7C(=O)COC8NCC(CC87)N6C5N4)ccc23)CC1. The van der Waals surface area contributed by atoms with Gasteiger partial charge in [0.25, 0.3) is 0 Å². The number of piperidine rings is 2. The normalized spacial score (nSPS) is 34.8. The van der Waals surface area contributed by atoms with Crippen molar-refractivity contribution in [3.8, 4) is 0 Å². The zero-order valence-electron chi connectivity index (χ0n) is 25.4. The van der Waals surface area contributed by atoms with E-state index in [1.165, 1.54) is 10.9 Å². The lowest BCUT2D eigenvalue weighted by Gasteiger charge is -2.50. The van der Waals surface area contributed by atoms with Gasteiger partial charge in [0.15, 0.2) is 0 Å². The van der Waals surface area contributed by atoms with Gasteiger partial charge in [0.1, 0.15) is 24.7 Å². The van der Waals surface area contributed by atoms with E-state index < -0.39 is 0 Å². The van der Waals surface area contributed by atoms with E-state index in [1.54, 1.807) is 0 Å². The van der Waals surface area contributed by atoms with Crippen LogP contribution in [-0.4, -0.2) is 115 Å². The molecule has 4 N–H and O–H groups in total. The molecule has 0 radical (unpaired) electrons. The minimum atomic E-state index is -0.234. The summed E-state index contributed by atoms with van der Waals surface area (Å²) in [5, 5.41) is 19.8. The van der Waals surface area contributed by atoms with E-state index in [-0.39, 0.29) is 55.1 Å². The first-order valence-corrected chi connectivity index (χ1v) is 16.4. The Kier molecular flexibility index (Phi) is 7.59. The highest BCUT2D eigenvalue weighted by molar-refractivity contribution is 5.85. The number of amides is 2. The van der Waals surface area contributed by atoms with Gasteiger partial charge in [-0.25, -0.2) is 0 Å². The number of carbonyl (C=O) groups excluding carboxylic acids is 2. The number of morpholine rings is 1. The molecule has 44 heavy (non-hydrogen) atoms. The molecule has 6 unspecified atom stereocenters. The molecule has 2 amide bonds. The molecular formula is C32H44N8O4. The van der Waals surface area contributed by atoms with Crippen LogP contribution in [0.1, 0.15) is 43.6 Å². The molecule has 6 aliphatic rings. The van der Waals surface area contributed by atoms with Crippen LogP contribution >= 0.6 is 0 Å². The highest BCUT2D eigenvalue weighted by Crippen LogP contribution is 2.36. The van der Waals surface area contributed by atoms with Gasteiger partial charge in [-0.3, -0.25) is 30.5 Å². The Morgan fingerprint density at radius 1 is 1.05 bits per heavy atom. The molecule has 6 aliphatic heterocycles. The molecule has 5 saturated heterocycles. The maximum atomic E-state index is 13.8. The second-order valence-electron chi connectivity index (χ2n) is 13.3. The molecule has 2 aromatic rings. The van der Waals surface area contributed by atoms with Crippen molar-refractivity contribution < 1.29 is 18.7 Å². The van der Waals surface area contributed by atoms with Gasteiger partial charge in [-0.05, 0) is 70.3 Å². The first-order valence-electron chi connectivity index (χ1n) is 16.4. The van der Waals surface area contributed by atoms with Crippen molar-refractivity contribution in [2.24, 2.45) is 5.92 Å². The number of nitrogens with zero attached hydrogens (tertiary/aromatic N) is 4. The standard InChI is InChI=1S/C32H44N8O4/c1-37-12-8-20(9-13-37)25-18-43-27-14-21(6-7-23(25)27)35-32-34-17-24-29(36-32)40-22-15-26-30(33-16-22)44-19-28(41)38(26)10-4-2-3-5-11-39(40)31(24)42/h3,5-7,14,18,20,22,24,26,29-30,32-36H,2,4,8-13,15-17,19H2,1H3/b5-3-. The smallest absolute Gasteiger partial charge is 0.249 e. The summed E-state index contributed by atoms with van der Waals surface area (Å²) in [4.78, 5) is 31.0. The van der Waals surface area contributed by atoms with Crippen molar-refractivity contribution in [1.29, 1.82) is 0 Å². The second-order valence-corrected chi connectivity index (χ2v) is 13.3. The fraction of sp³-hybridized carbons (Fsp3) is 0.625. The van der Waals surface area contributed by atoms with Crippen molar-refractivity contribution in [3.63, 3.8) is 0 Å². The van der Waals surface area contributed by atoms with Crippen LogP contribution in [0.4, 0.5) is 5.69 Å². The van der Waals surface area contributed by atoms with E-state index in [2.05, 4.69) is 68.6 Å². The van der Waals surface area contributed by atoms with Gasteiger partial charge in [0.05, 0.1) is 30.9 Å². The summed E-state index contributed by atoms with van der Waals surface area (Å²) in [6.45, 7) is 4.88. The Hall–Kier alpha value is -3.00. The Balaban J connectivity index is 1.01. The molecule has 12 nitrogen and oxygen atoms in total. The molecule has 236 valence electrons. The number of ether oxygens (including phenoxy) is 1. The average Bonchev–Trinajstić information content (AvgIpc) is 3.57. The van der Waals surface area contributed by atoms with Crippen LogP contribution in [0.15, 0.2) is 41.0 Å². The van der Waals surface area contributed by atoms with Crippen molar-refractivity contribution in [2.45, 2.75) is 68.8 Å². The van der Waals surface area contributed by atoms with Crippen molar-refractivity contribution in [3.05, 3.63) is 42.2 Å². The summed E-state index contributed by atoms with van der Waals surface area (Å²) in [5.74, 6) is 0.508. The number of hydrazine groups is 1. The van der Waals surface area contributed by atoms with E-state index in [4.69, 9.17) is 9.15 Å². The Labute approximate surface area is 258 Å². The highest BCUT2D eigenvalue weighted by atomic mass is 16.5. The van der Waals surface area contributed by atoms with Gasteiger partial charge in [-0.2, -0.15) is 5.01 Å². The zero-order valence-corrected chi connectivity index (χ0v) is 25.4. The fourth-order valence-electron chi connectivity index (χ4n) is 8.21. The van der Waals surface area contributed by atoms with Gasteiger partial charge < -0.3 is 24.3 Å². The van der Waals surface area contributed by atoms with E-state index >= 15 is 0 Å². The molecule has 0 spiro atoms. The van der Waals surface area contributed by atoms with E-state index in [0.29, 0.717) is 25.6 Å². The number of furan rings is 1. The third-order valence-corrected chi connectivity index (χ3v) is 10.6. The Bertz CT molecular complexity index is 1420. The largest absolute Gasteiger partial charge is 0.464 e. The van der Waals surface area contributed by atoms with Crippen molar-refractivity contribution in [2.75, 3.05) is 58.2 Å². The summed E-state index contributed by atoms with van der Waals surface area (Å²) in [6, 6.07) is 6.36. The number of carbonyl (C=O) groups is 2. The first kappa shape index (κ1) is 28.5. The lowest BCUT2D eigenvalue weighted by Crippen LogP contribution is -2.70. The number of anilines is 1. The van der Waals surface area contributed by atoms with Gasteiger partial charge in [0, 0.05) is 48.4 Å². The number of hydrogen-bond acceptors (Lipinski definition) is 10. The van der Waals surface area contributed by atoms with E-state index in [1.807, 2.05) is 16.2 Å². The van der Waals surface area contributed by atoms with E-state index in [0.717, 1.165) is 63.0 Å². The minimum absolute atomic E-state index is 0.0312. The highest BCUT2D eigenvalue weighted by Gasteiger charge is 2.53. The number of nitrogens with one attached hydrogen (secondary N) is 4. The predicted molar refractivity (Wildman–Crippen MR) is 165 cm³/mol. The number of rotatable bonds is 3. The Morgan fingerprint density at radius 3 is 2.82 bits per heavy atom. The van der Waals surface area contributed by atoms with Gasteiger partial charge in [0.2, 0.25) is 11.8 Å². The number of allylic oxidation sites excluding steroid dienone is 1. The summed E-state index contributed by atoms with van der Waals surface area (Å²) in [6.07, 6.45) is 10.5. The quantitative estimate of drug-likeness (QED) is 0.383. The van der Waals surface area contributed by atoms with Gasteiger partial charge >= 0.3 is 0 Å². The molecule has 5 fully saturated rings. The number of fused-ring (bicyclic) bond motifs is 6. The molecule has 6 atom stereocenters. The van der Waals surface area contributed by atoms with Crippen LogP contribution < -0.4 is 21.3 Å². The third kappa shape index (κ3) is 5.11. The van der Waals surface area contributed by atoms with Crippen LogP contribution in [-0.2, 0) is 14.3 Å². The van der Waals surface area contributed by atoms with Gasteiger partial charge in [-0.1, -0.05) is 12.2 Å². The maximum absolute atomic E-state index is 13.8. The summed E-state index contributed by atoms with van der Waals surface area (Å²) < 4.78 is 12.0. The molecule has 2 bridgehead atoms. The van der Waals surface area contributed by atoms with Gasteiger partial charge in [-0.15, -0.1) is 0 Å². The van der Waals surface area contributed by atoms with Crippen LogP contribution in [0.3, 0.4) is 0 Å². The average molecular weight is 605 g/mol. The number of hydrogen-bond donors (Lipinski definition) is 4. The minimum Gasteiger partial charge on any atom is -0.464 e. The molecule has 1 aromatic heterocycles. The summed E-state index contributed by atoms with van der Waals surface area (Å²) >= 11 is 0. The number of benzene rings is 1. The topological polar surface area (TPSA) is 118 Å². The van der Waals surface area contributed by atoms with Crippen LogP contribution in [0.2, 0.25) is 0 Å². The fourth-order valence-corrected chi connectivity index (χ4v) is 8.21. The molecular weight excluding hydrogens is 560 g/mol.